The summed E-state index contributed by atoms with van der Waals surface area (Å²) >= 11 is 0. The van der Waals surface area contributed by atoms with Crippen molar-refractivity contribution in [3.63, 3.8) is 0 Å². The summed E-state index contributed by atoms with van der Waals surface area (Å²) in [5, 5.41) is 3.52. The molecule has 1 atom stereocenters. The van der Waals surface area contributed by atoms with Crippen LogP contribution in [0.1, 0.15) is 33.6 Å². The van der Waals surface area contributed by atoms with Crippen LogP contribution >= 0.6 is 0 Å². The second-order valence-electron chi connectivity index (χ2n) is 4.76. The van der Waals surface area contributed by atoms with Crippen molar-refractivity contribution in [1.29, 1.82) is 0 Å². The van der Waals surface area contributed by atoms with Gasteiger partial charge in [0, 0.05) is 12.6 Å². The van der Waals surface area contributed by atoms with Crippen LogP contribution in [0.2, 0.25) is 0 Å². The number of hydrogen-bond donors (Lipinski definition) is 1. The van der Waals surface area contributed by atoms with Crippen LogP contribution in [0.3, 0.4) is 0 Å². The molecule has 90 valence electrons. The Balaban J connectivity index is 2.15. The van der Waals surface area contributed by atoms with E-state index in [4.69, 9.17) is 4.74 Å². The van der Waals surface area contributed by atoms with Gasteiger partial charge >= 0.3 is 0 Å². The molecule has 0 amide bonds. The Morgan fingerprint density at radius 2 is 2.20 bits per heavy atom. The van der Waals surface area contributed by atoms with Gasteiger partial charge in [-0.15, -0.1) is 0 Å². The maximum absolute atomic E-state index is 5.59. The fraction of sp³-hybridized carbons (Fsp3) is 1.00. The van der Waals surface area contributed by atoms with E-state index in [0.29, 0.717) is 12.1 Å². The second-order valence-corrected chi connectivity index (χ2v) is 4.76. The smallest absolute Gasteiger partial charge is 0.0596 e. The molecule has 0 aromatic heterocycles. The Morgan fingerprint density at radius 3 is 2.93 bits per heavy atom. The van der Waals surface area contributed by atoms with Crippen LogP contribution in [0.5, 0.6) is 0 Å². The molecular weight excluding hydrogens is 188 g/mol. The summed E-state index contributed by atoms with van der Waals surface area (Å²) in [5.74, 6) is 0. The molecule has 1 aliphatic heterocycles. The van der Waals surface area contributed by atoms with Crippen molar-refractivity contribution in [3.8, 4) is 0 Å². The highest BCUT2D eigenvalue weighted by Gasteiger charge is 2.11. The third-order valence-corrected chi connectivity index (χ3v) is 2.88. The highest BCUT2D eigenvalue weighted by atomic mass is 16.5. The minimum absolute atomic E-state index is 0.361. The number of nitrogens with one attached hydrogen (secondary N) is 1. The molecule has 0 spiro atoms. The summed E-state index contributed by atoms with van der Waals surface area (Å²) < 4.78 is 5.59. The quantitative estimate of drug-likeness (QED) is 0.767. The first kappa shape index (κ1) is 12.9. The minimum Gasteiger partial charge on any atom is -0.377 e. The number of nitrogens with zero attached hydrogens (tertiary/aromatic N) is 1. The first-order valence-electron chi connectivity index (χ1n) is 6.26. The fourth-order valence-electron chi connectivity index (χ4n) is 1.88. The van der Waals surface area contributed by atoms with Gasteiger partial charge in [-0.3, -0.25) is 0 Å². The van der Waals surface area contributed by atoms with Gasteiger partial charge in [0.1, 0.15) is 0 Å². The molecule has 15 heavy (non-hydrogen) atoms. The van der Waals surface area contributed by atoms with Crippen LogP contribution < -0.4 is 5.32 Å². The summed E-state index contributed by atoms with van der Waals surface area (Å²) in [6.07, 6.45) is 2.87. The van der Waals surface area contributed by atoms with E-state index in [1.807, 2.05) is 0 Å². The predicted molar refractivity (Wildman–Crippen MR) is 64.2 cm³/mol. The molecule has 0 aromatic carbocycles. The van der Waals surface area contributed by atoms with E-state index in [0.717, 1.165) is 19.7 Å². The highest BCUT2D eigenvalue weighted by molar-refractivity contribution is 4.69. The third kappa shape index (κ3) is 6.13. The van der Waals surface area contributed by atoms with Crippen molar-refractivity contribution in [2.45, 2.75) is 45.8 Å². The molecule has 3 nitrogen and oxygen atoms in total. The Labute approximate surface area is 94.2 Å². The van der Waals surface area contributed by atoms with Crippen molar-refractivity contribution in [2.24, 2.45) is 0 Å². The van der Waals surface area contributed by atoms with E-state index in [1.165, 1.54) is 25.9 Å². The Hall–Kier alpha value is -0.120. The second kappa shape index (κ2) is 7.20. The lowest BCUT2D eigenvalue weighted by molar-refractivity contribution is 0.0569. The summed E-state index contributed by atoms with van der Waals surface area (Å²) in [6.45, 7) is 12.0. The number of hydrogen-bond acceptors (Lipinski definition) is 3. The minimum atomic E-state index is 0.361. The molecule has 1 saturated heterocycles. The maximum atomic E-state index is 5.59. The van der Waals surface area contributed by atoms with Gasteiger partial charge < -0.3 is 15.0 Å². The first-order chi connectivity index (χ1) is 7.18. The Morgan fingerprint density at radius 1 is 1.40 bits per heavy atom. The van der Waals surface area contributed by atoms with Gasteiger partial charge in [-0.25, -0.2) is 0 Å². The lowest BCUT2D eigenvalue weighted by atomic mass is 10.2. The van der Waals surface area contributed by atoms with E-state index in [1.54, 1.807) is 0 Å². The Kier molecular flexibility index (Phi) is 6.22. The molecule has 1 heterocycles. The zero-order chi connectivity index (χ0) is 11.1. The van der Waals surface area contributed by atoms with Crippen molar-refractivity contribution < 1.29 is 4.74 Å². The molecule has 3 heteroatoms. The van der Waals surface area contributed by atoms with Crippen molar-refractivity contribution in [1.82, 2.24) is 10.2 Å². The molecular formula is C12H26N2O. The monoisotopic (exact) mass is 214 g/mol. The molecule has 1 rings (SSSR count). The van der Waals surface area contributed by atoms with E-state index in [2.05, 4.69) is 31.0 Å². The van der Waals surface area contributed by atoms with Crippen LogP contribution in [0.25, 0.3) is 0 Å². The van der Waals surface area contributed by atoms with Gasteiger partial charge in [0.25, 0.3) is 0 Å². The van der Waals surface area contributed by atoms with Crippen LogP contribution in [0, 0.1) is 0 Å². The largest absolute Gasteiger partial charge is 0.377 e. The van der Waals surface area contributed by atoms with Crippen molar-refractivity contribution in [3.05, 3.63) is 0 Å². The first-order valence-corrected chi connectivity index (χ1v) is 6.26. The normalized spacial score (nSPS) is 25.2. The van der Waals surface area contributed by atoms with Crippen molar-refractivity contribution in [2.75, 3.05) is 32.8 Å². The average molecular weight is 214 g/mol. The van der Waals surface area contributed by atoms with Crippen LogP contribution in [0.4, 0.5) is 0 Å². The lowest BCUT2D eigenvalue weighted by Gasteiger charge is -2.27. The molecule has 1 aliphatic rings. The molecule has 0 bridgehead atoms. The van der Waals surface area contributed by atoms with E-state index in [-0.39, 0.29) is 0 Å². The zero-order valence-corrected chi connectivity index (χ0v) is 10.5. The molecule has 1 N–H and O–H groups in total. The molecule has 0 saturated carbocycles. The summed E-state index contributed by atoms with van der Waals surface area (Å²) in [5.41, 5.74) is 0. The molecule has 1 fully saturated rings. The molecule has 0 aromatic rings. The summed E-state index contributed by atoms with van der Waals surface area (Å²) in [4.78, 5) is 2.53. The average Bonchev–Trinajstić information content (AvgIpc) is 2.15. The summed E-state index contributed by atoms with van der Waals surface area (Å²) in [7, 11) is 0. The van der Waals surface area contributed by atoms with Gasteiger partial charge in [-0.1, -0.05) is 0 Å². The van der Waals surface area contributed by atoms with E-state index >= 15 is 0 Å². The molecule has 0 aliphatic carbocycles. The van der Waals surface area contributed by atoms with Gasteiger partial charge in [0.2, 0.25) is 0 Å². The lowest BCUT2D eigenvalue weighted by Crippen LogP contribution is -2.39. The molecule has 1 unspecified atom stereocenters. The zero-order valence-electron chi connectivity index (χ0n) is 10.5. The van der Waals surface area contributed by atoms with Gasteiger partial charge in [0.15, 0.2) is 0 Å². The maximum Gasteiger partial charge on any atom is 0.0596 e. The van der Waals surface area contributed by atoms with E-state index in [9.17, 15) is 0 Å². The number of ether oxygens (including phenoxy) is 1. The standard InChI is InChI=1S/C12H26N2O/c1-11(2)15-10-9-14-7-4-6-13-12(3)5-8-14/h11-13H,4-10H2,1-3H3. The number of rotatable bonds is 4. The fourth-order valence-corrected chi connectivity index (χ4v) is 1.88. The van der Waals surface area contributed by atoms with Crippen LogP contribution in [-0.2, 0) is 4.74 Å². The van der Waals surface area contributed by atoms with Crippen LogP contribution in [-0.4, -0.2) is 49.8 Å². The van der Waals surface area contributed by atoms with Crippen LogP contribution in [0.15, 0.2) is 0 Å². The van der Waals surface area contributed by atoms with Gasteiger partial charge in [0.05, 0.1) is 12.7 Å². The highest BCUT2D eigenvalue weighted by Crippen LogP contribution is 2.02. The summed E-state index contributed by atoms with van der Waals surface area (Å²) in [6, 6.07) is 0.666. The van der Waals surface area contributed by atoms with Gasteiger partial charge in [-0.05, 0) is 53.2 Å². The van der Waals surface area contributed by atoms with Gasteiger partial charge in [-0.2, -0.15) is 0 Å². The topological polar surface area (TPSA) is 24.5 Å². The van der Waals surface area contributed by atoms with E-state index < -0.39 is 0 Å². The third-order valence-electron chi connectivity index (χ3n) is 2.88. The predicted octanol–water partition coefficient (Wildman–Crippen LogP) is 1.49. The Bertz CT molecular complexity index is 162. The van der Waals surface area contributed by atoms with Crippen molar-refractivity contribution >= 4 is 0 Å². The SMILES string of the molecule is CC1CCN(CCOC(C)C)CCCN1. The molecule has 0 radical (unpaired) electrons.